The van der Waals surface area contributed by atoms with Gasteiger partial charge in [-0.2, -0.15) is 0 Å². The summed E-state index contributed by atoms with van der Waals surface area (Å²) in [4.78, 5) is 15.9. The highest BCUT2D eigenvalue weighted by molar-refractivity contribution is 7.09. The summed E-state index contributed by atoms with van der Waals surface area (Å²) in [5, 5.41) is 3.12. The summed E-state index contributed by atoms with van der Waals surface area (Å²) in [6, 6.07) is -0.398. The van der Waals surface area contributed by atoms with Crippen molar-refractivity contribution in [3.05, 3.63) is 16.6 Å². The van der Waals surface area contributed by atoms with Gasteiger partial charge in [0.1, 0.15) is 6.04 Å². The summed E-state index contributed by atoms with van der Waals surface area (Å²) >= 11 is 1.44. The first-order valence-corrected chi connectivity index (χ1v) is 5.40. The Morgan fingerprint density at radius 1 is 1.71 bits per heavy atom. The summed E-state index contributed by atoms with van der Waals surface area (Å²) in [6.07, 6.45) is 1.67. The van der Waals surface area contributed by atoms with Crippen LogP contribution in [0, 0.1) is 5.92 Å². The minimum atomic E-state index is -0.398. The molecule has 1 aromatic rings. The highest BCUT2D eigenvalue weighted by Gasteiger charge is 2.18. The fourth-order valence-corrected chi connectivity index (χ4v) is 1.76. The zero-order valence-electron chi connectivity index (χ0n) is 8.36. The van der Waals surface area contributed by atoms with Gasteiger partial charge in [0, 0.05) is 6.20 Å². The molecule has 1 aromatic heterocycles. The summed E-state index contributed by atoms with van der Waals surface area (Å²) in [6.45, 7) is 4.93. The minimum Gasteiger partial charge on any atom is -0.368 e. The number of hydrogen-bond acceptors (Lipinski definition) is 4. The molecule has 1 rings (SSSR count). The Morgan fingerprint density at radius 3 is 2.86 bits per heavy atom. The third kappa shape index (κ3) is 3.08. The van der Waals surface area contributed by atoms with Crippen molar-refractivity contribution in [1.29, 1.82) is 0 Å². The van der Waals surface area contributed by atoms with Gasteiger partial charge in [-0.25, -0.2) is 0 Å². The van der Waals surface area contributed by atoms with Crippen LogP contribution in [0.3, 0.4) is 0 Å². The molecule has 0 saturated heterocycles. The van der Waals surface area contributed by atoms with Gasteiger partial charge >= 0.3 is 0 Å². The lowest BCUT2D eigenvalue weighted by molar-refractivity contribution is -0.120. The zero-order chi connectivity index (χ0) is 10.6. The average Bonchev–Trinajstić information content (AvgIpc) is 2.56. The number of amides is 1. The smallest absolute Gasteiger partial charge is 0.240 e. The second-order valence-corrected chi connectivity index (χ2v) is 4.46. The second kappa shape index (κ2) is 5.07. The maximum absolute atomic E-state index is 11.1. The molecule has 1 unspecified atom stereocenters. The predicted molar refractivity (Wildman–Crippen MR) is 56.9 cm³/mol. The van der Waals surface area contributed by atoms with Crippen LogP contribution in [0.1, 0.15) is 24.8 Å². The molecular formula is C9H15N3OS. The van der Waals surface area contributed by atoms with Crippen molar-refractivity contribution in [3.63, 3.8) is 0 Å². The maximum Gasteiger partial charge on any atom is 0.240 e. The fraction of sp³-hybridized carbons (Fsp3) is 0.556. The minimum absolute atomic E-state index is 0.352. The molecule has 1 amide bonds. The lowest BCUT2D eigenvalue weighted by Gasteiger charge is -2.14. The first-order valence-electron chi connectivity index (χ1n) is 4.52. The van der Waals surface area contributed by atoms with Gasteiger partial charge in [-0.3, -0.25) is 9.78 Å². The summed E-state index contributed by atoms with van der Waals surface area (Å²) in [5.41, 5.74) is 6.99. The number of primary amides is 1. The van der Waals surface area contributed by atoms with Gasteiger partial charge in [-0.15, -0.1) is 11.3 Å². The number of rotatable bonds is 5. The molecule has 0 aromatic carbocycles. The third-order valence-electron chi connectivity index (χ3n) is 1.75. The molecule has 0 aliphatic rings. The van der Waals surface area contributed by atoms with E-state index in [1.165, 1.54) is 11.3 Å². The summed E-state index contributed by atoms with van der Waals surface area (Å²) < 4.78 is 0. The topological polar surface area (TPSA) is 68.0 Å². The van der Waals surface area contributed by atoms with E-state index in [0.717, 1.165) is 11.4 Å². The Balaban J connectivity index is 2.61. The number of nitrogens with zero attached hydrogens (tertiary/aromatic N) is 1. The van der Waals surface area contributed by atoms with Crippen LogP contribution in [0.15, 0.2) is 11.7 Å². The van der Waals surface area contributed by atoms with Crippen LogP contribution >= 0.6 is 11.3 Å². The molecule has 0 fully saturated rings. The average molecular weight is 213 g/mol. The van der Waals surface area contributed by atoms with Gasteiger partial charge in [-0.1, -0.05) is 13.8 Å². The van der Waals surface area contributed by atoms with Crippen molar-refractivity contribution in [2.24, 2.45) is 11.7 Å². The van der Waals surface area contributed by atoms with Crippen LogP contribution in [0.4, 0.5) is 0 Å². The number of hydrogen-bond donors (Lipinski definition) is 2. The van der Waals surface area contributed by atoms with E-state index in [1.807, 2.05) is 0 Å². The van der Waals surface area contributed by atoms with E-state index in [9.17, 15) is 4.79 Å². The lowest BCUT2D eigenvalue weighted by Crippen LogP contribution is -2.35. The fourth-order valence-electron chi connectivity index (χ4n) is 1.06. The number of aromatic nitrogens is 1. The van der Waals surface area contributed by atoms with Crippen molar-refractivity contribution < 1.29 is 4.79 Å². The molecule has 0 saturated carbocycles. The van der Waals surface area contributed by atoms with E-state index in [-0.39, 0.29) is 5.91 Å². The molecule has 5 heteroatoms. The number of carbonyl (C=O) groups excluding carboxylic acids is 1. The molecule has 0 bridgehead atoms. The van der Waals surface area contributed by atoms with Crippen molar-refractivity contribution in [1.82, 2.24) is 10.3 Å². The molecule has 78 valence electrons. The largest absolute Gasteiger partial charge is 0.368 e. The Kier molecular flexibility index (Phi) is 4.03. The highest BCUT2D eigenvalue weighted by atomic mass is 32.1. The predicted octanol–water partition coefficient (Wildman–Crippen LogP) is 0.915. The maximum atomic E-state index is 11.1. The molecule has 1 atom stereocenters. The molecular weight excluding hydrogens is 198 g/mol. The van der Waals surface area contributed by atoms with E-state index < -0.39 is 6.04 Å². The van der Waals surface area contributed by atoms with Crippen molar-refractivity contribution >= 4 is 17.2 Å². The van der Waals surface area contributed by atoms with Crippen LogP contribution in [-0.4, -0.2) is 17.4 Å². The standard InChI is InChI=1S/C9H15N3OS/c1-6(2)3-12-8(9(10)13)7-4-11-5-14-7/h4-6,8,12H,3H2,1-2H3,(H2,10,13). The molecule has 0 aliphatic carbocycles. The molecule has 3 N–H and O–H groups in total. The number of thiazole rings is 1. The Bertz CT molecular complexity index is 284. The Morgan fingerprint density at radius 2 is 2.43 bits per heavy atom. The molecule has 4 nitrogen and oxygen atoms in total. The van der Waals surface area contributed by atoms with Gasteiger partial charge in [0.05, 0.1) is 10.4 Å². The second-order valence-electron chi connectivity index (χ2n) is 3.54. The van der Waals surface area contributed by atoms with E-state index in [2.05, 4.69) is 24.1 Å². The van der Waals surface area contributed by atoms with Crippen LogP contribution < -0.4 is 11.1 Å². The number of nitrogens with two attached hydrogens (primary N) is 1. The van der Waals surface area contributed by atoms with Gasteiger partial charge in [-0.05, 0) is 12.5 Å². The zero-order valence-corrected chi connectivity index (χ0v) is 9.17. The molecule has 0 aliphatic heterocycles. The first kappa shape index (κ1) is 11.1. The monoisotopic (exact) mass is 213 g/mol. The molecule has 0 radical (unpaired) electrons. The van der Waals surface area contributed by atoms with Gasteiger partial charge in [0.2, 0.25) is 5.91 Å². The first-order chi connectivity index (χ1) is 6.61. The van der Waals surface area contributed by atoms with Crippen LogP contribution in [0.25, 0.3) is 0 Å². The van der Waals surface area contributed by atoms with Gasteiger partial charge in [0.15, 0.2) is 0 Å². The normalized spacial score (nSPS) is 13.1. The van der Waals surface area contributed by atoms with Crippen LogP contribution in [0.2, 0.25) is 0 Å². The van der Waals surface area contributed by atoms with Crippen molar-refractivity contribution in [3.8, 4) is 0 Å². The van der Waals surface area contributed by atoms with Crippen LogP contribution in [0.5, 0.6) is 0 Å². The summed E-state index contributed by atoms with van der Waals surface area (Å²) in [5.74, 6) is 0.139. The van der Waals surface area contributed by atoms with E-state index >= 15 is 0 Å². The van der Waals surface area contributed by atoms with Crippen LogP contribution in [-0.2, 0) is 4.79 Å². The van der Waals surface area contributed by atoms with E-state index in [1.54, 1.807) is 11.7 Å². The van der Waals surface area contributed by atoms with Gasteiger partial charge in [0.25, 0.3) is 0 Å². The Labute approximate surface area is 87.5 Å². The van der Waals surface area contributed by atoms with Crippen molar-refractivity contribution in [2.45, 2.75) is 19.9 Å². The Hall–Kier alpha value is -0.940. The van der Waals surface area contributed by atoms with Gasteiger partial charge < -0.3 is 11.1 Å². The highest BCUT2D eigenvalue weighted by Crippen LogP contribution is 2.16. The van der Waals surface area contributed by atoms with Crippen molar-refractivity contribution in [2.75, 3.05) is 6.54 Å². The molecule has 1 heterocycles. The van der Waals surface area contributed by atoms with E-state index in [4.69, 9.17) is 5.73 Å². The number of nitrogens with one attached hydrogen (secondary N) is 1. The molecule has 0 spiro atoms. The van der Waals surface area contributed by atoms with E-state index in [0.29, 0.717) is 5.92 Å². The molecule has 14 heavy (non-hydrogen) atoms. The SMILES string of the molecule is CC(C)CNC(C(N)=O)c1cncs1. The number of carbonyl (C=O) groups is 1. The summed E-state index contributed by atoms with van der Waals surface area (Å²) in [7, 11) is 0. The quantitative estimate of drug-likeness (QED) is 0.764. The third-order valence-corrected chi connectivity index (χ3v) is 2.59. The lowest BCUT2D eigenvalue weighted by atomic mass is 10.2.